The van der Waals surface area contributed by atoms with Crippen LogP contribution in [0, 0.1) is 0 Å². The molecule has 2 N–H and O–H groups in total. The van der Waals surface area contributed by atoms with E-state index in [1.165, 1.54) is 19.3 Å². The second-order valence-corrected chi connectivity index (χ2v) is 4.63. The fraction of sp³-hybridized carbons (Fsp3) is 1.00. The lowest BCUT2D eigenvalue weighted by Gasteiger charge is -2.37. The highest BCUT2D eigenvalue weighted by Gasteiger charge is 2.30. The lowest BCUT2D eigenvalue weighted by atomic mass is 9.79. The maximum atomic E-state index is 11.9. The molecule has 0 aromatic rings. The SMILES string of the molecule is CNC1(CCNCC(F)(F)F)CCCCC1. The lowest BCUT2D eigenvalue weighted by molar-refractivity contribution is -0.124. The molecule has 0 spiro atoms. The topological polar surface area (TPSA) is 24.1 Å². The van der Waals surface area contributed by atoms with Crippen LogP contribution in [0.2, 0.25) is 0 Å². The van der Waals surface area contributed by atoms with Gasteiger partial charge in [-0.3, -0.25) is 0 Å². The zero-order valence-electron chi connectivity index (χ0n) is 9.79. The summed E-state index contributed by atoms with van der Waals surface area (Å²) in [7, 11) is 1.91. The first kappa shape index (κ1) is 13.8. The molecule has 16 heavy (non-hydrogen) atoms. The molecular weight excluding hydrogens is 217 g/mol. The van der Waals surface area contributed by atoms with Crippen LogP contribution in [0.3, 0.4) is 0 Å². The Labute approximate surface area is 95.0 Å². The molecule has 0 atom stereocenters. The largest absolute Gasteiger partial charge is 0.401 e. The Morgan fingerprint density at radius 1 is 1.12 bits per heavy atom. The molecule has 0 aromatic carbocycles. The minimum Gasteiger partial charge on any atom is -0.314 e. The van der Waals surface area contributed by atoms with Crippen LogP contribution in [-0.2, 0) is 0 Å². The fourth-order valence-corrected chi connectivity index (χ4v) is 2.41. The van der Waals surface area contributed by atoms with E-state index in [0.29, 0.717) is 6.54 Å². The van der Waals surface area contributed by atoms with Gasteiger partial charge in [-0.1, -0.05) is 19.3 Å². The lowest BCUT2D eigenvalue weighted by Crippen LogP contribution is -2.47. The summed E-state index contributed by atoms with van der Waals surface area (Å²) in [6.45, 7) is -0.451. The summed E-state index contributed by atoms with van der Waals surface area (Å²) in [5.41, 5.74) is 0.0663. The Morgan fingerprint density at radius 2 is 1.75 bits per heavy atom. The molecule has 5 heteroatoms. The van der Waals surface area contributed by atoms with Gasteiger partial charge in [-0.05, 0) is 32.9 Å². The van der Waals surface area contributed by atoms with Crippen LogP contribution in [0.4, 0.5) is 13.2 Å². The van der Waals surface area contributed by atoms with Crippen LogP contribution in [0.5, 0.6) is 0 Å². The Hall–Kier alpha value is -0.290. The van der Waals surface area contributed by atoms with E-state index in [0.717, 1.165) is 19.3 Å². The van der Waals surface area contributed by atoms with Crippen molar-refractivity contribution in [2.75, 3.05) is 20.1 Å². The van der Waals surface area contributed by atoms with Crippen molar-refractivity contribution >= 4 is 0 Å². The average Bonchev–Trinajstić information content (AvgIpc) is 2.25. The van der Waals surface area contributed by atoms with Gasteiger partial charge in [0.1, 0.15) is 0 Å². The zero-order chi connectivity index (χ0) is 12.1. The van der Waals surface area contributed by atoms with Crippen LogP contribution in [0.1, 0.15) is 38.5 Å². The van der Waals surface area contributed by atoms with Gasteiger partial charge in [-0.15, -0.1) is 0 Å². The first-order chi connectivity index (χ1) is 7.47. The van der Waals surface area contributed by atoms with Gasteiger partial charge in [0.15, 0.2) is 0 Å². The van der Waals surface area contributed by atoms with Crippen LogP contribution in [0.25, 0.3) is 0 Å². The summed E-state index contributed by atoms with van der Waals surface area (Å²) in [5.74, 6) is 0. The minimum absolute atomic E-state index is 0.0663. The van der Waals surface area contributed by atoms with E-state index in [-0.39, 0.29) is 5.54 Å². The molecule has 96 valence electrons. The van der Waals surface area contributed by atoms with Gasteiger partial charge in [-0.25, -0.2) is 0 Å². The molecule has 0 amide bonds. The number of rotatable bonds is 5. The summed E-state index contributed by atoms with van der Waals surface area (Å²) < 4.78 is 35.8. The molecule has 1 saturated carbocycles. The Balaban J connectivity index is 2.23. The van der Waals surface area contributed by atoms with E-state index in [1.54, 1.807) is 0 Å². The molecule has 1 rings (SSSR count). The Bertz CT molecular complexity index is 198. The predicted molar refractivity (Wildman–Crippen MR) is 58.4 cm³/mol. The number of nitrogens with one attached hydrogen (secondary N) is 2. The average molecular weight is 238 g/mol. The molecule has 0 saturated heterocycles. The van der Waals surface area contributed by atoms with Gasteiger partial charge < -0.3 is 10.6 Å². The van der Waals surface area contributed by atoms with Crippen LogP contribution < -0.4 is 10.6 Å². The third-order valence-corrected chi connectivity index (χ3v) is 3.45. The summed E-state index contributed by atoms with van der Waals surface area (Å²) in [4.78, 5) is 0. The van der Waals surface area contributed by atoms with Crippen molar-refractivity contribution in [1.82, 2.24) is 10.6 Å². The molecular formula is C11H21F3N2. The monoisotopic (exact) mass is 238 g/mol. The molecule has 0 unspecified atom stereocenters. The van der Waals surface area contributed by atoms with Gasteiger partial charge in [0.25, 0.3) is 0 Å². The highest BCUT2D eigenvalue weighted by atomic mass is 19.4. The molecule has 0 aliphatic heterocycles. The van der Waals surface area contributed by atoms with Crippen molar-refractivity contribution in [1.29, 1.82) is 0 Å². The number of alkyl halides is 3. The van der Waals surface area contributed by atoms with Crippen molar-refractivity contribution in [2.45, 2.75) is 50.2 Å². The van der Waals surface area contributed by atoms with E-state index < -0.39 is 12.7 Å². The van der Waals surface area contributed by atoms with E-state index in [2.05, 4.69) is 10.6 Å². The van der Waals surface area contributed by atoms with Gasteiger partial charge in [0.05, 0.1) is 6.54 Å². The van der Waals surface area contributed by atoms with Crippen LogP contribution in [-0.4, -0.2) is 31.9 Å². The van der Waals surface area contributed by atoms with Crippen molar-refractivity contribution < 1.29 is 13.2 Å². The van der Waals surface area contributed by atoms with Crippen molar-refractivity contribution in [3.63, 3.8) is 0 Å². The normalized spacial score (nSPS) is 21.0. The molecule has 2 nitrogen and oxygen atoms in total. The quantitative estimate of drug-likeness (QED) is 0.719. The van der Waals surface area contributed by atoms with Crippen molar-refractivity contribution in [3.8, 4) is 0 Å². The Kier molecular flexibility index (Phi) is 5.05. The van der Waals surface area contributed by atoms with Crippen LogP contribution in [0.15, 0.2) is 0 Å². The minimum atomic E-state index is -4.10. The third-order valence-electron chi connectivity index (χ3n) is 3.45. The first-order valence-corrected chi connectivity index (χ1v) is 5.94. The highest BCUT2D eigenvalue weighted by Crippen LogP contribution is 2.30. The third kappa shape index (κ3) is 4.70. The van der Waals surface area contributed by atoms with E-state index >= 15 is 0 Å². The van der Waals surface area contributed by atoms with Crippen molar-refractivity contribution in [2.24, 2.45) is 0 Å². The summed E-state index contributed by atoms with van der Waals surface area (Å²) in [5, 5.41) is 5.76. The number of hydrogen-bond donors (Lipinski definition) is 2. The maximum absolute atomic E-state index is 11.9. The summed E-state index contributed by atoms with van der Waals surface area (Å²) >= 11 is 0. The van der Waals surface area contributed by atoms with Crippen molar-refractivity contribution in [3.05, 3.63) is 0 Å². The van der Waals surface area contributed by atoms with Gasteiger partial charge in [0, 0.05) is 5.54 Å². The molecule has 0 bridgehead atoms. The molecule has 1 aliphatic rings. The van der Waals surface area contributed by atoms with E-state index in [4.69, 9.17) is 0 Å². The van der Waals surface area contributed by atoms with E-state index in [1.807, 2.05) is 7.05 Å². The zero-order valence-corrected chi connectivity index (χ0v) is 9.79. The number of hydrogen-bond acceptors (Lipinski definition) is 2. The van der Waals surface area contributed by atoms with Gasteiger partial charge in [-0.2, -0.15) is 13.2 Å². The first-order valence-electron chi connectivity index (χ1n) is 5.94. The second-order valence-electron chi connectivity index (χ2n) is 4.63. The molecule has 0 radical (unpaired) electrons. The number of halogens is 3. The van der Waals surface area contributed by atoms with Gasteiger partial charge >= 0.3 is 6.18 Å². The fourth-order valence-electron chi connectivity index (χ4n) is 2.41. The smallest absolute Gasteiger partial charge is 0.314 e. The molecule has 1 aliphatic carbocycles. The second kappa shape index (κ2) is 5.87. The van der Waals surface area contributed by atoms with E-state index in [9.17, 15) is 13.2 Å². The maximum Gasteiger partial charge on any atom is 0.401 e. The predicted octanol–water partition coefficient (Wildman–Crippen LogP) is 2.45. The van der Waals surface area contributed by atoms with Crippen LogP contribution >= 0.6 is 0 Å². The molecule has 1 fully saturated rings. The summed E-state index contributed by atoms with van der Waals surface area (Å²) in [6, 6.07) is 0. The van der Waals surface area contributed by atoms with Gasteiger partial charge in [0.2, 0.25) is 0 Å². The Morgan fingerprint density at radius 3 is 2.25 bits per heavy atom. The standard InChI is InChI=1S/C11H21F3N2/c1-15-10(5-3-2-4-6-10)7-8-16-9-11(12,13)14/h15-16H,2-9H2,1H3. The molecule has 0 heterocycles. The highest BCUT2D eigenvalue weighted by molar-refractivity contribution is 4.90. The molecule has 0 aromatic heterocycles. The summed E-state index contributed by atoms with van der Waals surface area (Å²) in [6.07, 6.45) is 2.45.